The summed E-state index contributed by atoms with van der Waals surface area (Å²) < 4.78 is 0. The summed E-state index contributed by atoms with van der Waals surface area (Å²) in [5, 5.41) is 9.15. The molecule has 0 aromatic heterocycles. The van der Waals surface area contributed by atoms with Gasteiger partial charge in [0, 0.05) is 0 Å². The van der Waals surface area contributed by atoms with E-state index in [1.165, 1.54) is 12.1 Å². The fraction of sp³-hybridized carbons (Fsp3) is 0. The molecular formula is C6H2Cl4N2. The molecule has 0 radical (unpaired) electrons. The van der Waals surface area contributed by atoms with Gasteiger partial charge in [-0.3, -0.25) is 0 Å². The van der Waals surface area contributed by atoms with Gasteiger partial charge in [0.15, 0.2) is 4.98 Å². The standard InChI is InChI=1S/C6H2Cl3N2.ClH/c7-4-1-3(11-10)2-5(8)6(4)9;/h1-2H;1H/q+1;/p-1. The Morgan fingerprint density at radius 1 is 1.08 bits per heavy atom. The second-order valence-electron chi connectivity index (χ2n) is 1.82. The van der Waals surface area contributed by atoms with Crippen molar-refractivity contribution in [2.24, 2.45) is 0 Å². The van der Waals surface area contributed by atoms with Crippen molar-refractivity contribution in [2.75, 3.05) is 0 Å². The van der Waals surface area contributed by atoms with Crippen molar-refractivity contribution in [1.82, 2.24) is 0 Å². The third kappa shape index (κ3) is 2.40. The molecule has 0 bridgehead atoms. The summed E-state index contributed by atoms with van der Waals surface area (Å²) in [6.45, 7) is 0. The van der Waals surface area contributed by atoms with Crippen LogP contribution in [-0.4, -0.2) is 0 Å². The highest BCUT2D eigenvalue weighted by atomic mass is 35.5. The number of diazo groups is 1. The molecule has 0 aliphatic carbocycles. The number of hydrogen-bond acceptors (Lipinski definition) is 1. The van der Waals surface area contributed by atoms with Crippen molar-refractivity contribution in [2.45, 2.75) is 0 Å². The Morgan fingerprint density at radius 3 is 1.83 bits per heavy atom. The van der Waals surface area contributed by atoms with Crippen LogP contribution in [0.4, 0.5) is 5.69 Å². The van der Waals surface area contributed by atoms with E-state index in [2.05, 4.69) is 4.98 Å². The van der Waals surface area contributed by atoms with E-state index in [-0.39, 0.29) is 33.2 Å². The third-order valence-electron chi connectivity index (χ3n) is 1.08. The molecule has 0 N–H and O–H groups in total. The average Bonchev–Trinajstić information content (AvgIpc) is 1.99. The van der Waals surface area contributed by atoms with Gasteiger partial charge < -0.3 is 12.4 Å². The van der Waals surface area contributed by atoms with Gasteiger partial charge in [0.2, 0.25) is 5.39 Å². The van der Waals surface area contributed by atoms with E-state index in [1.54, 1.807) is 0 Å². The molecule has 1 rings (SSSR count). The Morgan fingerprint density at radius 2 is 1.50 bits per heavy atom. The van der Waals surface area contributed by atoms with Gasteiger partial charge in [0.25, 0.3) is 0 Å². The van der Waals surface area contributed by atoms with Gasteiger partial charge in [-0.2, -0.15) is 0 Å². The summed E-state index contributed by atoms with van der Waals surface area (Å²) in [5.74, 6) is 0. The minimum atomic E-state index is 0. The zero-order chi connectivity index (χ0) is 8.43. The molecule has 12 heavy (non-hydrogen) atoms. The smallest absolute Gasteiger partial charge is 0.388 e. The molecule has 0 atom stereocenters. The lowest BCUT2D eigenvalue weighted by Gasteiger charge is -1.92. The topological polar surface area (TPSA) is 28.1 Å². The number of nitrogens with zero attached hydrogens (tertiary/aromatic N) is 2. The van der Waals surface area contributed by atoms with Crippen LogP contribution in [0.15, 0.2) is 12.1 Å². The Kier molecular flexibility index (Phi) is 4.66. The molecule has 0 spiro atoms. The maximum absolute atomic E-state index is 8.34. The molecule has 0 aliphatic heterocycles. The molecule has 6 heteroatoms. The van der Waals surface area contributed by atoms with Crippen molar-refractivity contribution in [3.8, 4) is 0 Å². The van der Waals surface area contributed by atoms with Crippen LogP contribution in [0.2, 0.25) is 15.1 Å². The second-order valence-corrected chi connectivity index (χ2v) is 3.02. The van der Waals surface area contributed by atoms with Gasteiger partial charge in [-0.15, -0.1) is 0 Å². The molecule has 0 aliphatic rings. The molecule has 0 fully saturated rings. The summed E-state index contributed by atoms with van der Waals surface area (Å²) in [6.07, 6.45) is 0. The van der Waals surface area contributed by atoms with E-state index in [1.807, 2.05) is 0 Å². The first-order chi connectivity index (χ1) is 5.15. The van der Waals surface area contributed by atoms with Crippen molar-refractivity contribution in [3.05, 3.63) is 32.2 Å². The molecular weight excluding hydrogens is 242 g/mol. The fourth-order valence-corrected chi connectivity index (χ4v) is 1.18. The van der Waals surface area contributed by atoms with Gasteiger partial charge >= 0.3 is 5.69 Å². The number of halogens is 4. The highest BCUT2D eigenvalue weighted by molar-refractivity contribution is 6.48. The lowest BCUT2D eigenvalue weighted by Crippen LogP contribution is -3.00. The van der Waals surface area contributed by atoms with E-state index in [0.717, 1.165) is 0 Å². The van der Waals surface area contributed by atoms with E-state index in [4.69, 9.17) is 40.2 Å². The van der Waals surface area contributed by atoms with Crippen molar-refractivity contribution in [3.63, 3.8) is 0 Å². The molecule has 0 heterocycles. The minimum Gasteiger partial charge on any atom is -1.00 e. The van der Waals surface area contributed by atoms with Gasteiger partial charge in [-0.05, 0) is 0 Å². The van der Waals surface area contributed by atoms with Gasteiger partial charge in [0.1, 0.15) is 0 Å². The summed E-state index contributed by atoms with van der Waals surface area (Å²) in [4.78, 5) is 2.91. The monoisotopic (exact) mass is 242 g/mol. The zero-order valence-corrected chi connectivity index (χ0v) is 8.58. The number of benzene rings is 1. The van der Waals surface area contributed by atoms with E-state index in [9.17, 15) is 0 Å². The molecule has 1 aromatic rings. The summed E-state index contributed by atoms with van der Waals surface area (Å²) >= 11 is 16.8. The van der Waals surface area contributed by atoms with Crippen LogP contribution in [0, 0.1) is 5.39 Å². The average molecular weight is 244 g/mol. The number of hydrogen-bond donors (Lipinski definition) is 0. The molecule has 2 nitrogen and oxygen atoms in total. The Hall–Kier alpha value is -0.200. The maximum atomic E-state index is 8.34. The third-order valence-corrected chi connectivity index (χ3v) is 2.28. The van der Waals surface area contributed by atoms with E-state index in [0.29, 0.717) is 0 Å². The van der Waals surface area contributed by atoms with Crippen LogP contribution < -0.4 is 12.4 Å². The molecule has 64 valence electrons. The van der Waals surface area contributed by atoms with Crippen molar-refractivity contribution in [1.29, 1.82) is 5.39 Å². The van der Waals surface area contributed by atoms with Crippen LogP contribution in [-0.2, 0) is 0 Å². The van der Waals surface area contributed by atoms with Crippen molar-refractivity contribution < 1.29 is 12.4 Å². The fourth-order valence-electron chi connectivity index (χ4n) is 0.600. The van der Waals surface area contributed by atoms with Crippen molar-refractivity contribution >= 4 is 40.5 Å². The lowest BCUT2D eigenvalue weighted by molar-refractivity contribution is -0.00000217. The van der Waals surface area contributed by atoms with Gasteiger partial charge in [-0.1, -0.05) is 34.8 Å². The molecule has 0 saturated carbocycles. The van der Waals surface area contributed by atoms with Gasteiger partial charge in [-0.25, -0.2) is 0 Å². The molecule has 1 aromatic carbocycles. The predicted octanol–water partition coefficient (Wildman–Crippen LogP) is 1.14. The quantitative estimate of drug-likeness (QED) is 0.496. The predicted molar refractivity (Wildman–Crippen MR) is 46.2 cm³/mol. The first kappa shape index (κ1) is 11.8. The Balaban J connectivity index is 0.00000121. The molecule has 0 amide bonds. The van der Waals surface area contributed by atoms with Crippen LogP contribution in [0.1, 0.15) is 0 Å². The summed E-state index contributed by atoms with van der Waals surface area (Å²) in [7, 11) is 0. The molecule has 0 unspecified atom stereocenters. The van der Waals surface area contributed by atoms with E-state index >= 15 is 0 Å². The first-order valence-corrected chi connectivity index (χ1v) is 3.78. The SMILES string of the molecule is N#[N+]c1cc(Cl)c(Cl)c(Cl)c1.[Cl-]. The summed E-state index contributed by atoms with van der Waals surface area (Å²) in [6, 6.07) is 2.82. The Bertz CT molecular complexity index is 308. The second kappa shape index (κ2) is 4.74. The highest BCUT2D eigenvalue weighted by Crippen LogP contribution is 2.33. The van der Waals surface area contributed by atoms with Crippen LogP contribution in [0.3, 0.4) is 0 Å². The van der Waals surface area contributed by atoms with Crippen LogP contribution in [0.5, 0.6) is 0 Å². The number of rotatable bonds is 0. The van der Waals surface area contributed by atoms with Crippen LogP contribution >= 0.6 is 34.8 Å². The Labute approximate surface area is 90.5 Å². The maximum Gasteiger partial charge on any atom is 0.388 e. The summed E-state index contributed by atoms with van der Waals surface area (Å²) in [5.41, 5.74) is 0.282. The largest absolute Gasteiger partial charge is 1.00 e. The minimum absolute atomic E-state index is 0. The van der Waals surface area contributed by atoms with E-state index < -0.39 is 0 Å². The van der Waals surface area contributed by atoms with Gasteiger partial charge in [0.05, 0.1) is 27.2 Å². The van der Waals surface area contributed by atoms with Crippen LogP contribution in [0.25, 0.3) is 4.98 Å². The zero-order valence-electron chi connectivity index (χ0n) is 5.56. The highest BCUT2D eigenvalue weighted by Gasteiger charge is 2.12. The lowest BCUT2D eigenvalue weighted by atomic mass is 10.3. The molecule has 0 saturated heterocycles. The first-order valence-electron chi connectivity index (χ1n) is 2.65. The normalized spacial score (nSPS) is 8.50.